The smallest absolute Gasteiger partial charge is 0.335 e. The van der Waals surface area contributed by atoms with Gasteiger partial charge in [-0.05, 0) is 124 Å². The van der Waals surface area contributed by atoms with Crippen molar-refractivity contribution in [2.45, 2.75) is 336 Å². The Bertz CT molecular complexity index is 3540. The fourth-order valence-corrected chi connectivity index (χ4v) is 21.1. The van der Waals surface area contributed by atoms with Crippen LogP contribution >= 0.6 is 0 Å². The van der Waals surface area contributed by atoms with E-state index < -0.39 is 273 Å². The summed E-state index contributed by atoms with van der Waals surface area (Å²) in [6.07, 6.45) is -44.6. The summed E-state index contributed by atoms with van der Waals surface area (Å²) < 4.78 is 73.1. The highest BCUT2D eigenvalue weighted by Crippen LogP contribution is 2.76. The molecule has 38 atom stereocenters. The van der Waals surface area contributed by atoms with Crippen molar-refractivity contribution in [2.24, 2.45) is 50.2 Å². The number of aliphatic carboxylic acids is 1. The van der Waals surface area contributed by atoms with Gasteiger partial charge < -0.3 is 154 Å². The first-order chi connectivity index (χ1) is 53.7. The van der Waals surface area contributed by atoms with Gasteiger partial charge in [0.2, 0.25) is 12.2 Å². The molecule has 0 aromatic heterocycles. The van der Waals surface area contributed by atoms with E-state index in [1.807, 2.05) is 19.1 Å². The highest BCUT2D eigenvalue weighted by molar-refractivity contribution is 5.96. The number of Topliss-reactive ketones (excluding diaryl/α,β-unsaturated/α-hetero) is 1. The first kappa shape index (κ1) is 88.9. The SMILES string of the molecule is Cc1ccc(C(=O)CCCCCCC(=O)N[C@H]2C(CO)O[C@@H](OC(=O)[C@]34CCC(C)(C)CC3C3=CCC5C6(C)CC[C@H](O[C@@H]7OC(C(=O)O)[C@@H](O)[C@H](O[C@@H]8OC[C@@H](O)[C@H](O)C8O)C7O[C@@H]7OC(CO)[C@H](O)[C@H](O)C7O)[C@](C)(C=O)[C@@H]6CC[C@]5(C)[C@]3(C)CC4O)C(O[C@@H]3OC(C)[C@H](O[C@@H]4OC[C@@H](O)C(O)C4O)C(O)C3O)C2O)cc1. The van der Waals surface area contributed by atoms with Crippen molar-refractivity contribution in [3.63, 3.8) is 0 Å². The first-order valence-electron chi connectivity index (χ1n) is 40.1. The Balaban J connectivity index is 0.802. The number of ketones is 1. The number of hydrogen-bond donors (Lipinski definition) is 18. The molecule has 6 heterocycles. The number of aliphatic hydroxyl groups is 16. The second kappa shape index (κ2) is 35.0. The molecule has 1 amide bonds. The van der Waals surface area contributed by atoms with Crippen LogP contribution in [0.5, 0.6) is 0 Å². The second-order valence-corrected chi connectivity index (χ2v) is 35.6. The van der Waals surface area contributed by atoms with E-state index in [1.165, 1.54) is 6.92 Å². The predicted octanol–water partition coefficient (Wildman–Crippen LogP) is -2.18. The van der Waals surface area contributed by atoms with Crippen LogP contribution in [-0.2, 0) is 76.0 Å². The average molecular weight is 1630 g/mol. The van der Waals surface area contributed by atoms with E-state index >= 15 is 4.79 Å². The molecule has 644 valence electrons. The fraction of sp³-hybridized carbons (Fsp3) is 0.835. The molecule has 0 radical (unpaired) electrons. The van der Waals surface area contributed by atoms with Crippen molar-refractivity contribution in [3.8, 4) is 0 Å². The minimum absolute atomic E-state index is 0.00301. The fourth-order valence-electron chi connectivity index (χ4n) is 21.1. The van der Waals surface area contributed by atoms with Gasteiger partial charge in [0, 0.05) is 18.4 Å². The third kappa shape index (κ3) is 16.5. The summed E-state index contributed by atoms with van der Waals surface area (Å²) in [4.78, 5) is 70.3. The van der Waals surface area contributed by atoms with Gasteiger partial charge in [0.05, 0.1) is 56.2 Å². The van der Waals surface area contributed by atoms with Gasteiger partial charge in [-0.3, -0.25) is 14.4 Å². The Labute approximate surface area is 660 Å². The zero-order chi connectivity index (χ0) is 83.0. The maximum atomic E-state index is 16.1. The van der Waals surface area contributed by atoms with Gasteiger partial charge in [0.15, 0.2) is 49.4 Å². The van der Waals surface area contributed by atoms with Crippen LogP contribution in [-0.4, -0.2) is 327 Å². The summed E-state index contributed by atoms with van der Waals surface area (Å²) in [5.41, 5.74) is -3.45. The van der Waals surface area contributed by atoms with Crippen LogP contribution < -0.4 is 5.32 Å². The summed E-state index contributed by atoms with van der Waals surface area (Å²) in [5, 5.41) is 192. The zero-order valence-electron chi connectivity index (χ0n) is 65.5. The van der Waals surface area contributed by atoms with Gasteiger partial charge in [0.25, 0.3) is 0 Å². The number of aliphatic hydroxyl groups excluding tert-OH is 16. The number of carboxylic acids is 1. The van der Waals surface area contributed by atoms with Gasteiger partial charge in [0.1, 0.15) is 122 Å². The van der Waals surface area contributed by atoms with Crippen molar-refractivity contribution in [1.29, 1.82) is 0 Å². The number of unbranched alkanes of at least 4 members (excludes halogenated alkanes) is 3. The van der Waals surface area contributed by atoms with Gasteiger partial charge in [-0.1, -0.05) is 95.9 Å². The summed E-state index contributed by atoms with van der Waals surface area (Å²) in [6, 6.07) is 5.80. The standard InChI is InChI=1S/C79H119NO34/c1-34-15-17-36(18-16-34)39(84)13-11-9-10-12-14-48(88)80-49-42(29-81)106-71(64(53(49)92)112-69-59(98)55(94)61(35(2)105-69)109-67-56(95)50(89)40(85)31-103-67)114-73(102)79-26-25-74(3,4)27-38(79)37-19-20-45-75(5)23-22-47(76(6,33-83)44(75)21-24-77(45,7)78(37,8)28-46(79)87)108-72-65(113-70-58(97)54(93)52(91)43(30-82)107-70)62(60(99)63(111-72)66(100)101)110-68-57(96)51(90)41(86)32-104-68/h15-19,33,35,38,40-47,49-65,67-72,81-82,85-87,89-99H,9-14,20-32H2,1-8H3,(H,80,88)(H,100,101)/t35?,38?,40-,41-,42?,43?,44-,45?,46?,47+,49+,50?,51+,52+,53?,54+,55?,56?,57?,58?,59?,60+,61+,62+,63?,64?,65?,67+,68+,69+,70+,71+,72-,75?,76-,77+,78-,79-/m1/s1. The van der Waals surface area contributed by atoms with Gasteiger partial charge in [-0.25, -0.2) is 4.79 Å². The van der Waals surface area contributed by atoms with E-state index in [2.05, 4.69) is 46.0 Å². The molecule has 114 heavy (non-hydrogen) atoms. The number of rotatable bonds is 25. The molecule has 0 spiro atoms. The molecule has 18 N–H and O–H groups in total. The average Bonchev–Trinajstić information content (AvgIpc) is 0.669. The van der Waals surface area contributed by atoms with Gasteiger partial charge >= 0.3 is 11.9 Å². The van der Waals surface area contributed by atoms with Crippen LogP contribution in [0.3, 0.4) is 0 Å². The molecule has 35 heteroatoms. The van der Waals surface area contributed by atoms with Crippen LogP contribution in [0.2, 0.25) is 0 Å². The maximum Gasteiger partial charge on any atom is 0.335 e. The Kier molecular flexibility index (Phi) is 27.3. The van der Waals surface area contributed by atoms with Crippen molar-refractivity contribution >= 4 is 29.9 Å². The lowest BCUT2D eigenvalue weighted by atomic mass is 9.33. The van der Waals surface area contributed by atoms with Gasteiger partial charge in [-0.2, -0.15) is 0 Å². The number of carboxylic acid groups (broad SMARTS) is 1. The molecule has 35 nitrogen and oxygen atoms in total. The normalized spacial score (nSPS) is 48.1. The van der Waals surface area contributed by atoms with E-state index in [4.69, 9.17) is 56.8 Å². The molecular formula is C79H119NO34. The number of ether oxygens (including phenoxy) is 12. The van der Waals surface area contributed by atoms with Crippen LogP contribution in [0.4, 0.5) is 0 Å². The van der Waals surface area contributed by atoms with E-state index in [0.29, 0.717) is 76.2 Å². The molecule has 1 aromatic rings. The monoisotopic (exact) mass is 1630 g/mol. The van der Waals surface area contributed by atoms with E-state index in [1.54, 1.807) is 19.1 Å². The largest absolute Gasteiger partial charge is 0.479 e. The first-order valence-corrected chi connectivity index (χ1v) is 40.1. The van der Waals surface area contributed by atoms with Crippen LogP contribution in [0.25, 0.3) is 0 Å². The number of nitrogens with one attached hydrogen (secondary N) is 1. The number of carbonyl (C=O) groups is 5. The summed E-state index contributed by atoms with van der Waals surface area (Å²) in [5.74, 6) is -4.79. The lowest BCUT2D eigenvalue weighted by Gasteiger charge is -2.71. The number of amides is 1. The highest BCUT2D eigenvalue weighted by Gasteiger charge is 2.73. The molecule has 0 bridgehead atoms. The third-order valence-electron chi connectivity index (χ3n) is 28.1. The van der Waals surface area contributed by atoms with Crippen LogP contribution in [0.15, 0.2) is 35.9 Å². The lowest BCUT2D eigenvalue weighted by molar-refractivity contribution is -0.391. The van der Waals surface area contributed by atoms with E-state index in [9.17, 15) is 106 Å². The Morgan fingerprint density at radius 3 is 1.75 bits per heavy atom. The highest BCUT2D eigenvalue weighted by atomic mass is 16.8. The quantitative estimate of drug-likeness (QED) is 0.0124. The number of carbonyl (C=O) groups excluding carboxylic acids is 4. The number of fused-ring (bicyclic) bond motifs is 7. The number of hydrogen-bond acceptors (Lipinski definition) is 33. The molecule has 11 aliphatic rings. The zero-order valence-corrected chi connectivity index (χ0v) is 65.5. The molecule has 4 saturated carbocycles. The van der Waals surface area contributed by atoms with Crippen LogP contribution in [0, 0.1) is 57.2 Å². The number of benzene rings is 1. The summed E-state index contributed by atoms with van der Waals surface area (Å²) >= 11 is 0. The molecule has 1 aromatic carbocycles. The number of esters is 1. The minimum atomic E-state index is -2.23. The van der Waals surface area contributed by atoms with Crippen molar-refractivity contribution < 1.29 is 168 Å². The molecule has 5 aliphatic carbocycles. The maximum absolute atomic E-state index is 16.1. The second-order valence-electron chi connectivity index (χ2n) is 35.6. The Morgan fingerprint density at radius 1 is 0.553 bits per heavy atom. The summed E-state index contributed by atoms with van der Waals surface area (Å²) in [6.45, 7) is 12.7. The predicted molar refractivity (Wildman–Crippen MR) is 386 cm³/mol. The Hall–Kier alpha value is -4.37. The molecule has 17 unspecified atom stereocenters. The van der Waals surface area contributed by atoms with Crippen molar-refractivity contribution in [1.82, 2.24) is 5.32 Å². The molecule has 6 aliphatic heterocycles. The topological polar surface area (TPSA) is 552 Å². The van der Waals surface area contributed by atoms with Crippen molar-refractivity contribution in [3.05, 3.63) is 47.0 Å². The van der Waals surface area contributed by atoms with E-state index in [0.717, 1.165) is 17.4 Å². The number of allylic oxidation sites excluding steroid dienone is 2. The molecule has 10 fully saturated rings. The van der Waals surface area contributed by atoms with Crippen LogP contribution in [0.1, 0.15) is 161 Å². The molecule has 6 saturated heterocycles. The lowest BCUT2D eigenvalue weighted by Crippen LogP contribution is -2.70. The van der Waals surface area contributed by atoms with Crippen molar-refractivity contribution in [2.75, 3.05) is 26.4 Å². The summed E-state index contributed by atoms with van der Waals surface area (Å²) in [7, 11) is 0. The minimum Gasteiger partial charge on any atom is -0.479 e. The molecular weight excluding hydrogens is 1510 g/mol. The van der Waals surface area contributed by atoms with Gasteiger partial charge in [-0.15, -0.1) is 0 Å². The third-order valence-corrected chi connectivity index (χ3v) is 28.1. The number of aldehydes is 1. The van der Waals surface area contributed by atoms with E-state index in [-0.39, 0.29) is 37.4 Å². The molecule has 12 rings (SSSR count). The Morgan fingerprint density at radius 2 is 1.13 bits per heavy atom. The number of aryl methyl sites for hydroxylation is 1.